The van der Waals surface area contributed by atoms with Crippen molar-refractivity contribution in [3.8, 4) is 0 Å². The van der Waals surface area contributed by atoms with Gasteiger partial charge in [0.1, 0.15) is 5.69 Å². The first kappa shape index (κ1) is 17.7. The first-order valence-corrected chi connectivity index (χ1v) is 10.3. The van der Waals surface area contributed by atoms with Gasteiger partial charge in [-0.05, 0) is 48.6 Å². The molecule has 1 aliphatic carbocycles. The summed E-state index contributed by atoms with van der Waals surface area (Å²) in [4.78, 5) is 9.13. The molecular weight excluding hydrogens is 358 g/mol. The molecule has 4 aromatic rings. The maximum atomic E-state index is 6.21. The van der Waals surface area contributed by atoms with E-state index in [4.69, 9.17) is 5.73 Å². The van der Waals surface area contributed by atoms with Crippen molar-refractivity contribution in [2.75, 3.05) is 11.1 Å². The molecule has 5 heteroatoms. The highest BCUT2D eigenvalue weighted by Gasteiger charge is 2.16. The summed E-state index contributed by atoms with van der Waals surface area (Å²) in [6.45, 7) is 4.21. The quantitative estimate of drug-likeness (QED) is 0.482. The van der Waals surface area contributed by atoms with Crippen molar-refractivity contribution in [2.45, 2.75) is 38.0 Å². The Bertz CT molecular complexity index is 1200. The summed E-state index contributed by atoms with van der Waals surface area (Å²) in [7, 11) is 0. The predicted octanol–water partition coefficient (Wildman–Crippen LogP) is 5.60. The van der Waals surface area contributed by atoms with Gasteiger partial charge in [0.05, 0.1) is 16.7 Å². The standard InChI is InChI=1S/C24H25N5/c1-16(26-19-11-7-10-18(14-19)17-8-3-2-4-9-17)21-15-29-22-13-6-5-12-20(22)28-24(29)23(25)27-21/h5-7,10-15,17,26H,1-4,8-9H2,(H2,25,27). The highest BCUT2D eigenvalue weighted by molar-refractivity contribution is 5.85. The monoisotopic (exact) mass is 383 g/mol. The number of anilines is 2. The van der Waals surface area contributed by atoms with Crippen LogP contribution in [-0.4, -0.2) is 14.4 Å². The molecule has 2 heterocycles. The smallest absolute Gasteiger partial charge is 0.180 e. The second-order valence-electron chi connectivity index (χ2n) is 7.87. The molecule has 1 fully saturated rings. The minimum Gasteiger partial charge on any atom is -0.381 e. The molecule has 0 radical (unpaired) electrons. The van der Waals surface area contributed by atoms with E-state index in [2.05, 4.69) is 46.1 Å². The number of rotatable bonds is 4. The molecule has 29 heavy (non-hydrogen) atoms. The van der Waals surface area contributed by atoms with Crippen molar-refractivity contribution < 1.29 is 0 Å². The number of fused-ring (bicyclic) bond motifs is 3. The van der Waals surface area contributed by atoms with Gasteiger partial charge in [0.25, 0.3) is 0 Å². The first-order chi connectivity index (χ1) is 14.2. The Morgan fingerprint density at radius 3 is 2.72 bits per heavy atom. The lowest BCUT2D eigenvalue weighted by molar-refractivity contribution is 0.444. The summed E-state index contributed by atoms with van der Waals surface area (Å²) in [5.41, 5.74) is 12.7. The normalized spacial score (nSPS) is 15.0. The molecule has 0 unspecified atom stereocenters. The van der Waals surface area contributed by atoms with Crippen LogP contribution in [0.25, 0.3) is 22.4 Å². The second-order valence-corrected chi connectivity index (χ2v) is 7.87. The van der Waals surface area contributed by atoms with Crippen LogP contribution in [0, 0.1) is 0 Å². The minimum atomic E-state index is 0.401. The van der Waals surface area contributed by atoms with Crippen LogP contribution >= 0.6 is 0 Å². The van der Waals surface area contributed by atoms with Gasteiger partial charge in [-0.15, -0.1) is 0 Å². The van der Waals surface area contributed by atoms with Gasteiger partial charge in [-0.3, -0.25) is 4.40 Å². The van der Waals surface area contributed by atoms with Gasteiger partial charge in [0, 0.05) is 11.9 Å². The van der Waals surface area contributed by atoms with E-state index in [1.54, 1.807) is 0 Å². The van der Waals surface area contributed by atoms with E-state index in [-0.39, 0.29) is 0 Å². The third-order valence-electron chi connectivity index (χ3n) is 5.88. The highest BCUT2D eigenvalue weighted by Crippen LogP contribution is 2.34. The summed E-state index contributed by atoms with van der Waals surface area (Å²) < 4.78 is 1.98. The van der Waals surface area contributed by atoms with Crippen molar-refractivity contribution in [3.63, 3.8) is 0 Å². The molecule has 3 N–H and O–H groups in total. The lowest BCUT2D eigenvalue weighted by atomic mass is 9.84. The van der Waals surface area contributed by atoms with Crippen LogP contribution in [0.2, 0.25) is 0 Å². The van der Waals surface area contributed by atoms with Gasteiger partial charge in [-0.1, -0.05) is 50.1 Å². The Morgan fingerprint density at radius 1 is 1.03 bits per heavy atom. The summed E-state index contributed by atoms with van der Waals surface area (Å²) in [6.07, 6.45) is 8.54. The van der Waals surface area contributed by atoms with Crippen LogP contribution < -0.4 is 11.1 Å². The number of nitrogen functional groups attached to an aromatic ring is 1. The zero-order chi connectivity index (χ0) is 19.8. The average Bonchev–Trinajstić information content (AvgIpc) is 3.14. The van der Waals surface area contributed by atoms with Crippen LogP contribution in [-0.2, 0) is 0 Å². The molecular formula is C24H25N5. The molecule has 2 aromatic heterocycles. The summed E-state index contributed by atoms with van der Waals surface area (Å²) >= 11 is 0. The molecule has 2 aromatic carbocycles. The lowest BCUT2D eigenvalue weighted by Gasteiger charge is -2.22. The van der Waals surface area contributed by atoms with Crippen LogP contribution in [0.3, 0.4) is 0 Å². The van der Waals surface area contributed by atoms with Crippen molar-refractivity contribution in [3.05, 3.63) is 72.6 Å². The number of nitrogens with two attached hydrogens (primary N) is 1. The van der Waals surface area contributed by atoms with Crippen LogP contribution in [0.1, 0.15) is 49.3 Å². The Balaban J connectivity index is 1.45. The topological polar surface area (TPSA) is 68.2 Å². The van der Waals surface area contributed by atoms with Crippen molar-refractivity contribution in [2.24, 2.45) is 0 Å². The molecule has 1 aliphatic rings. The number of hydrogen-bond acceptors (Lipinski definition) is 4. The van der Waals surface area contributed by atoms with Gasteiger partial charge in [0.15, 0.2) is 11.5 Å². The van der Waals surface area contributed by atoms with Gasteiger partial charge in [0.2, 0.25) is 0 Å². The van der Waals surface area contributed by atoms with E-state index >= 15 is 0 Å². The molecule has 5 nitrogen and oxygen atoms in total. The first-order valence-electron chi connectivity index (χ1n) is 10.3. The molecule has 146 valence electrons. The summed E-state index contributed by atoms with van der Waals surface area (Å²) in [5.74, 6) is 1.07. The Labute approximate surface area is 170 Å². The van der Waals surface area contributed by atoms with Crippen LogP contribution in [0.5, 0.6) is 0 Å². The molecule has 0 amide bonds. The highest BCUT2D eigenvalue weighted by atomic mass is 15.1. The number of nitrogens with one attached hydrogen (secondary N) is 1. The molecule has 1 saturated carbocycles. The zero-order valence-electron chi connectivity index (χ0n) is 16.4. The molecule has 0 saturated heterocycles. The van der Waals surface area contributed by atoms with E-state index < -0.39 is 0 Å². The number of para-hydroxylation sites is 2. The Kier molecular flexibility index (Phi) is 4.43. The molecule has 0 bridgehead atoms. The van der Waals surface area contributed by atoms with Crippen molar-refractivity contribution in [1.82, 2.24) is 14.4 Å². The van der Waals surface area contributed by atoms with Crippen LogP contribution in [0.15, 0.2) is 61.3 Å². The van der Waals surface area contributed by atoms with Crippen LogP contribution in [0.4, 0.5) is 11.5 Å². The van der Waals surface area contributed by atoms with Gasteiger partial charge in [-0.2, -0.15) is 0 Å². The summed E-state index contributed by atoms with van der Waals surface area (Å²) in [5, 5.41) is 3.42. The third-order valence-corrected chi connectivity index (χ3v) is 5.88. The summed E-state index contributed by atoms with van der Waals surface area (Å²) in [6, 6.07) is 16.7. The Morgan fingerprint density at radius 2 is 1.86 bits per heavy atom. The van der Waals surface area contributed by atoms with Crippen molar-refractivity contribution in [1.29, 1.82) is 0 Å². The minimum absolute atomic E-state index is 0.401. The van der Waals surface area contributed by atoms with E-state index in [1.165, 1.54) is 37.7 Å². The molecule has 0 aliphatic heterocycles. The van der Waals surface area contributed by atoms with Crippen molar-refractivity contribution >= 4 is 33.9 Å². The zero-order valence-corrected chi connectivity index (χ0v) is 16.4. The van der Waals surface area contributed by atoms with Gasteiger partial charge < -0.3 is 11.1 Å². The fraction of sp³-hybridized carbons (Fsp3) is 0.250. The third kappa shape index (κ3) is 3.33. The second kappa shape index (κ2) is 7.24. The Hall–Kier alpha value is -3.34. The number of aromatic nitrogens is 3. The SMILES string of the molecule is C=C(Nc1cccc(C2CCCCC2)c1)c1cn2c(nc3ccccc32)c(N)n1. The predicted molar refractivity (Wildman–Crippen MR) is 120 cm³/mol. The fourth-order valence-corrected chi connectivity index (χ4v) is 4.38. The van der Waals surface area contributed by atoms with E-state index in [0.717, 1.165) is 22.4 Å². The van der Waals surface area contributed by atoms with Gasteiger partial charge >= 0.3 is 0 Å². The van der Waals surface area contributed by atoms with E-state index in [1.807, 2.05) is 34.9 Å². The molecule has 5 rings (SSSR count). The maximum Gasteiger partial charge on any atom is 0.180 e. The van der Waals surface area contributed by atoms with E-state index in [9.17, 15) is 0 Å². The largest absolute Gasteiger partial charge is 0.381 e. The number of imidazole rings is 1. The fourth-order valence-electron chi connectivity index (χ4n) is 4.38. The lowest BCUT2D eigenvalue weighted by Crippen LogP contribution is -2.07. The molecule has 0 atom stereocenters. The maximum absolute atomic E-state index is 6.21. The van der Waals surface area contributed by atoms with Gasteiger partial charge in [-0.25, -0.2) is 9.97 Å². The number of hydrogen-bond donors (Lipinski definition) is 2. The molecule has 0 spiro atoms. The van der Waals surface area contributed by atoms with E-state index in [0.29, 0.717) is 23.1 Å². The average molecular weight is 383 g/mol. The number of benzene rings is 2. The number of nitrogens with zero attached hydrogens (tertiary/aromatic N) is 3.